The number of halogens is 3. The third kappa shape index (κ3) is 3.64. The number of pyridine rings is 1. The molecule has 2 saturated heterocycles. The van der Waals surface area contributed by atoms with E-state index in [2.05, 4.69) is 31.1 Å². The summed E-state index contributed by atoms with van der Waals surface area (Å²) >= 11 is 0. The molecule has 2 aromatic heterocycles. The van der Waals surface area contributed by atoms with Gasteiger partial charge in [-0.25, -0.2) is 4.98 Å². The number of H-pyrrole nitrogens is 1. The molecule has 2 fully saturated rings. The topological polar surface area (TPSA) is 71.8 Å². The molecule has 2 aliphatic rings. The Kier molecular flexibility index (Phi) is 4.67. The van der Waals surface area contributed by atoms with E-state index in [-0.39, 0.29) is 6.04 Å². The average molecular weight is 424 g/mol. The van der Waals surface area contributed by atoms with Gasteiger partial charge >= 0.3 is 6.18 Å². The Hall–Kier alpha value is -3.38. The van der Waals surface area contributed by atoms with Crippen LogP contribution in [0.1, 0.15) is 23.1 Å². The second-order valence-electron chi connectivity index (χ2n) is 7.99. The summed E-state index contributed by atoms with van der Waals surface area (Å²) < 4.78 is 38.4. The smallest absolute Gasteiger partial charge is 0.351 e. The predicted octanol–water partition coefficient (Wildman–Crippen LogP) is 3.83. The lowest BCUT2D eigenvalue weighted by molar-refractivity contribution is -0.137. The second kappa shape index (κ2) is 7.39. The van der Waals surface area contributed by atoms with E-state index >= 15 is 0 Å². The van der Waals surface area contributed by atoms with Gasteiger partial charge in [0.1, 0.15) is 5.82 Å². The summed E-state index contributed by atoms with van der Waals surface area (Å²) in [6.07, 6.45) is -0.667. The summed E-state index contributed by atoms with van der Waals surface area (Å²) in [6.45, 7) is 2.31. The minimum absolute atomic E-state index is 0.236. The van der Waals surface area contributed by atoms with Crippen LogP contribution in [0, 0.1) is 11.3 Å². The third-order valence-corrected chi connectivity index (χ3v) is 6.12. The van der Waals surface area contributed by atoms with Gasteiger partial charge in [-0.15, -0.1) is 0 Å². The second-order valence-corrected chi connectivity index (χ2v) is 7.99. The summed E-state index contributed by atoms with van der Waals surface area (Å²) in [6, 6.07) is 12.6. The van der Waals surface area contributed by atoms with Gasteiger partial charge in [0.2, 0.25) is 0 Å². The van der Waals surface area contributed by atoms with Crippen LogP contribution in [0.5, 0.6) is 0 Å². The quantitative estimate of drug-likeness (QED) is 0.689. The molecule has 2 unspecified atom stereocenters. The van der Waals surface area contributed by atoms with Crippen molar-refractivity contribution in [1.82, 2.24) is 20.1 Å². The van der Waals surface area contributed by atoms with Gasteiger partial charge in [-0.1, -0.05) is 12.1 Å². The molecule has 0 radical (unpaired) electrons. The SMILES string of the molecule is N#Cc1ccc(-c2[nH]ncc2CN2CC3CC2CN3c2ccc(C(F)(F)F)cn2)cc1. The van der Waals surface area contributed by atoms with Crippen LogP contribution in [0.3, 0.4) is 0 Å². The first-order chi connectivity index (χ1) is 14.9. The molecule has 31 heavy (non-hydrogen) atoms. The van der Waals surface area contributed by atoms with Crippen LogP contribution in [0.15, 0.2) is 48.8 Å². The Bertz CT molecular complexity index is 1110. The van der Waals surface area contributed by atoms with Gasteiger partial charge in [-0.3, -0.25) is 10.00 Å². The number of anilines is 1. The monoisotopic (exact) mass is 424 g/mol. The van der Waals surface area contributed by atoms with Crippen LogP contribution in [0.2, 0.25) is 0 Å². The van der Waals surface area contributed by atoms with Gasteiger partial charge in [-0.2, -0.15) is 23.5 Å². The largest absolute Gasteiger partial charge is 0.417 e. The lowest BCUT2D eigenvalue weighted by Gasteiger charge is -2.35. The molecule has 6 nitrogen and oxygen atoms in total. The maximum absolute atomic E-state index is 12.8. The van der Waals surface area contributed by atoms with Crippen molar-refractivity contribution in [3.8, 4) is 17.3 Å². The molecule has 9 heteroatoms. The Labute approximate surface area is 176 Å². The molecule has 3 aromatic rings. The molecule has 4 heterocycles. The molecule has 2 bridgehead atoms. The van der Waals surface area contributed by atoms with Crippen molar-refractivity contribution in [2.45, 2.75) is 31.2 Å². The van der Waals surface area contributed by atoms with E-state index in [1.807, 2.05) is 18.3 Å². The molecule has 1 N–H and O–H groups in total. The van der Waals surface area contributed by atoms with Gasteiger partial charge in [0.15, 0.2) is 0 Å². The van der Waals surface area contributed by atoms with Crippen LogP contribution in [-0.4, -0.2) is 45.3 Å². The Morgan fingerprint density at radius 2 is 1.87 bits per heavy atom. The van der Waals surface area contributed by atoms with Gasteiger partial charge < -0.3 is 4.90 Å². The standard InChI is InChI=1S/C22H19F3N6/c23-22(24,25)17-5-6-20(27-10-17)31-13-18-7-19(31)12-30(18)11-16-9-28-29-21(16)15-3-1-14(8-26)2-4-15/h1-6,9-10,18-19H,7,11-13H2,(H,28,29). The molecule has 2 atom stereocenters. The lowest BCUT2D eigenvalue weighted by atomic mass is 10.1. The van der Waals surface area contributed by atoms with E-state index < -0.39 is 11.7 Å². The zero-order chi connectivity index (χ0) is 21.6. The highest BCUT2D eigenvalue weighted by Crippen LogP contribution is 2.36. The summed E-state index contributed by atoms with van der Waals surface area (Å²) in [5, 5.41) is 16.2. The highest BCUT2D eigenvalue weighted by Gasteiger charge is 2.44. The van der Waals surface area contributed by atoms with Crippen molar-refractivity contribution in [1.29, 1.82) is 5.26 Å². The number of rotatable bonds is 4. The molecule has 0 spiro atoms. The maximum atomic E-state index is 12.8. The van der Waals surface area contributed by atoms with Crippen LogP contribution < -0.4 is 4.90 Å². The first kappa shape index (κ1) is 19.6. The highest BCUT2D eigenvalue weighted by atomic mass is 19.4. The first-order valence-corrected chi connectivity index (χ1v) is 9.99. The number of hydrogen-bond acceptors (Lipinski definition) is 5. The zero-order valence-corrected chi connectivity index (χ0v) is 16.5. The number of nitriles is 1. The van der Waals surface area contributed by atoms with E-state index in [4.69, 9.17) is 5.26 Å². The van der Waals surface area contributed by atoms with E-state index in [0.717, 1.165) is 55.1 Å². The highest BCUT2D eigenvalue weighted by molar-refractivity contribution is 5.63. The maximum Gasteiger partial charge on any atom is 0.417 e. The molecule has 0 aliphatic carbocycles. The normalized spacial score (nSPS) is 20.9. The van der Waals surface area contributed by atoms with Crippen LogP contribution >= 0.6 is 0 Å². The van der Waals surface area contributed by atoms with Gasteiger partial charge in [0, 0.05) is 43.5 Å². The Morgan fingerprint density at radius 1 is 1.06 bits per heavy atom. The number of fused-ring (bicyclic) bond motifs is 2. The fourth-order valence-electron chi connectivity index (χ4n) is 4.56. The van der Waals surface area contributed by atoms with Gasteiger partial charge in [0.25, 0.3) is 0 Å². The van der Waals surface area contributed by atoms with Gasteiger partial charge in [-0.05, 0) is 36.2 Å². The summed E-state index contributed by atoms with van der Waals surface area (Å²) in [5.41, 5.74) is 2.88. The minimum Gasteiger partial charge on any atom is -0.351 e. The number of benzene rings is 1. The number of aromatic amines is 1. The van der Waals surface area contributed by atoms with E-state index in [1.54, 1.807) is 12.1 Å². The van der Waals surface area contributed by atoms with Gasteiger partial charge in [0.05, 0.1) is 29.1 Å². The minimum atomic E-state index is -4.37. The Balaban J connectivity index is 1.27. The number of piperazine rings is 1. The third-order valence-electron chi connectivity index (χ3n) is 6.12. The molecular formula is C22H19F3N6. The molecule has 5 rings (SSSR count). The predicted molar refractivity (Wildman–Crippen MR) is 108 cm³/mol. The molecule has 1 aromatic carbocycles. The fraction of sp³-hybridized carbons (Fsp3) is 0.318. The van der Waals surface area contributed by atoms with E-state index in [0.29, 0.717) is 17.4 Å². The average Bonchev–Trinajstić information content (AvgIpc) is 3.49. The summed E-state index contributed by atoms with van der Waals surface area (Å²) in [5.74, 6) is 0.599. The summed E-state index contributed by atoms with van der Waals surface area (Å²) in [4.78, 5) is 8.57. The number of alkyl halides is 3. The number of likely N-dealkylation sites (tertiary alicyclic amines) is 1. The zero-order valence-electron chi connectivity index (χ0n) is 16.5. The molecule has 0 amide bonds. The molecule has 158 valence electrons. The van der Waals surface area contributed by atoms with Crippen molar-refractivity contribution < 1.29 is 13.2 Å². The first-order valence-electron chi connectivity index (χ1n) is 9.99. The van der Waals surface area contributed by atoms with Crippen LogP contribution in [-0.2, 0) is 12.7 Å². The number of hydrogen-bond donors (Lipinski definition) is 1. The molecular weight excluding hydrogens is 405 g/mol. The van der Waals surface area contributed by atoms with E-state index in [1.165, 1.54) is 6.07 Å². The number of aromatic nitrogens is 3. The van der Waals surface area contributed by atoms with Crippen molar-refractivity contribution in [2.75, 3.05) is 18.0 Å². The van der Waals surface area contributed by atoms with Crippen molar-refractivity contribution >= 4 is 5.82 Å². The van der Waals surface area contributed by atoms with E-state index in [9.17, 15) is 13.2 Å². The number of nitrogens with one attached hydrogen (secondary N) is 1. The van der Waals surface area contributed by atoms with Crippen molar-refractivity contribution in [3.05, 3.63) is 65.5 Å². The van der Waals surface area contributed by atoms with Crippen LogP contribution in [0.25, 0.3) is 11.3 Å². The molecule has 0 saturated carbocycles. The van der Waals surface area contributed by atoms with Crippen LogP contribution in [0.4, 0.5) is 19.0 Å². The molecule has 2 aliphatic heterocycles. The fourth-order valence-corrected chi connectivity index (χ4v) is 4.56. The lowest BCUT2D eigenvalue weighted by Crippen LogP contribution is -2.46. The van der Waals surface area contributed by atoms with Crippen molar-refractivity contribution in [3.63, 3.8) is 0 Å². The Morgan fingerprint density at radius 3 is 2.48 bits per heavy atom. The number of nitrogens with zero attached hydrogens (tertiary/aromatic N) is 5. The summed E-state index contributed by atoms with van der Waals surface area (Å²) in [7, 11) is 0. The van der Waals surface area contributed by atoms with Crippen molar-refractivity contribution in [2.24, 2.45) is 0 Å².